The van der Waals surface area contributed by atoms with Gasteiger partial charge in [-0.25, -0.2) is 0 Å². The smallest absolute Gasteiger partial charge is 0.0182 e. The molecular weight excluding hydrogens is 584 g/mol. The molecule has 2 nitrogen and oxygen atoms in total. The van der Waals surface area contributed by atoms with Crippen molar-refractivity contribution in [2.75, 3.05) is 13.1 Å². The van der Waals surface area contributed by atoms with E-state index < -0.39 is 0 Å². The van der Waals surface area contributed by atoms with Crippen LogP contribution in [0, 0.1) is 0 Å². The molecule has 4 aromatic carbocycles. The maximum atomic E-state index is 3.18. The normalized spacial score (nSPS) is 23.2. The SMILES string of the molecule is PN(CCCCN(P)P1[C@H](c2ccccc2)CC[C@H]1c1ccccc1)P1[C@H](c2ccccc2)CC[C@H]1c1ccccc1. The van der Waals surface area contributed by atoms with Crippen LogP contribution >= 0.6 is 34.9 Å². The van der Waals surface area contributed by atoms with Gasteiger partial charge in [0.15, 0.2) is 0 Å². The molecule has 0 spiro atoms. The minimum atomic E-state index is -0.320. The molecule has 4 aromatic rings. The van der Waals surface area contributed by atoms with E-state index in [2.05, 4.69) is 149 Å². The summed E-state index contributed by atoms with van der Waals surface area (Å²) < 4.78 is 5.37. The summed E-state index contributed by atoms with van der Waals surface area (Å²) in [6.45, 7) is 2.29. The van der Waals surface area contributed by atoms with Gasteiger partial charge < -0.3 is 0 Å². The van der Waals surface area contributed by atoms with Gasteiger partial charge in [0.2, 0.25) is 0 Å². The lowest BCUT2D eigenvalue weighted by molar-refractivity contribution is 0.571. The highest BCUT2D eigenvalue weighted by molar-refractivity contribution is 7.61. The molecule has 2 saturated heterocycles. The first-order chi connectivity index (χ1) is 20.7. The van der Waals surface area contributed by atoms with E-state index >= 15 is 0 Å². The highest BCUT2D eigenvalue weighted by atomic mass is 31.2. The van der Waals surface area contributed by atoms with Crippen LogP contribution < -0.4 is 0 Å². The van der Waals surface area contributed by atoms with Gasteiger partial charge in [0, 0.05) is 35.7 Å². The summed E-state index contributed by atoms with van der Waals surface area (Å²) in [5.74, 6) is 0. The highest BCUT2D eigenvalue weighted by Crippen LogP contribution is 2.74. The standard InChI is InChI=1S/C36H44N2P4/c39-37(41-33(29-15-5-1-6-16-29)23-24-34(41)30-17-7-2-8-18-30)27-13-14-28-38(40)42-35(31-19-9-3-10-20-31)25-26-36(42)32-21-11-4-12-22-32/h1-12,15-22,33-36H,13-14,23-28,39-40H2/t33-,34-,35-,36-/m0/s1. The van der Waals surface area contributed by atoms with E-state index in [4.69, 9.17) is 0 Å². The lowest BCUT2D eigenvalue weighted by Crippen LogP contribution is -2.15. The summed E-state index contributed by atoms with van der Waals surface area (Å²) in [5, 5.41) is 0. The van der Waals surface area contributed by atoms with E-state index in [1.54, 1.807) is 0 Å². The third-order valence-electron chi connectivity index (χ3n) is 9.06. The largest absolute Gasteiger partial charge is 0.265 e. The van der Waals surface area contributed by atoms with Crippen molar-refractivity contribution in [3.05, 3.63) is 144 Å². The number of rotatable bonds is 11. The Hall–Kier alpha value is -1.48. The molecule has 2 aliphatic rings. The van der Waals surface area contributed by atoms with Crippen LogP contribution in [0.3, 0.4) is 0 Å². The quantitative estimate of drug-likeness (QED) is 0.120. The Balaban J connectivity index is 1.12. The van der Waals surface area contributed by atoms with E-state index in [-0.39, 0.29) is 16.1 Å². The number of nitrogens with zero attached hydrogens (tertiary/aromatic N) is 2. The van der Waals surface area contributed by atoms with E-state index in [9.17, 15) is 0 Å². The van der Waals surface area contributed by atoms with Gasteiger partial charge in [-0.1, -0.05) is 140 Å². The number of hydrogen-bond acceptors (Lipinski definition) is 2. The molecule has 6 heteroatoms. The molecule has 0 saturated carbocycles. The first kappa shape index (κ1) is 30.5. The zero-order valence-corrected chi connectivity index (χ0v) is 28.6. The molecule has 2 aliphatic heterocycles. The maximum Gasteiger partial charge on any atom is 0.0182 e. The Morgan fingerprint density at radius 3 is 0.905 bits per heavy atom. The van der Waals surface area contributed by atoms with Gasteiger partial charge in [-0.05, 0) is 76.9 Å². The molecule has 6 rings (SSSR count). The minimum Gasteiger partial charge on any atom is -0.265 e. The van der Waals surface area contributed by atoms with Crippen LogP contribution in [0.2, 0.25) is 0 Å². The second kappa shape index (κ2) is 15.0. The Labute approximate surface area is 260 Å². The third-order valence-corrected chi connectivity index (χ3v) is 17.5. The van der Waals surface area contributed by atoms with Gasteiger partial charge in [-0.3, -0.25) is 8.88 Å². The fourth-order valence-electron chi connectivity index (χ4n) is 7.07. The molecule has 0 aromatic heterocycles. The van der Waals surface area contributed by atoms with Gasteiger partial charge in [0.25, 0.3) is 0 Å². The topological polar surface area (TPSA) is 6.48 Å². The van der Waals surface area contributed by atoms with Crippen LogP contribution in [0.25, 0.3) is 0 Å². The van der Waals surface area contributed by atoms with Gasteiger partial charge in [0.05, 0.1) is 0 Å². The van der Waals surface area contributed by atoms with E-state index in [0.29, 0.717) is 22.6 Å². The molecular formula is C36H44N2P4. The van der Waals surface area contributed by atoms with Crippen molar-refractivity contribution in [1.82, 2.24) is 8.88 Å². The average Bonchev–Trinajstić information content (AvgIpc) is 3.71. The Morgan fingerprint density at radius 2 is 0.667 bits per heavy atom. The average molecular weight is 629 g/mol. The van der Waals surface area contributed by atoms with Crippen molar-refractivity contribution in [3.8, 4) is 0 Å². The van der Waals surface area contributed by atoms with Crippen LogP contribution in [0.5, 0.6) is 0 Å². The summed E-state index contributed by atoms with van der Waals surface area (Å²) in [5.41, 5.74) is 8.65. The van der Waals surface area contributed by atoms with Crippen molar-refractivity contribution in [2.45, 2.75) is 61.2 Å². The Morgan fingerprint density at radius 1 is 0.429 bits per heavy atom. The van der Waals surface area contributed by atoms with E-state index in [0.717, 1.165) is 13.1 Å². The van der Waals surface area contributed by atoms with Crippen LogP contribution in [0.15, 0.2) is 121 Å². The zero-order chi connectivity index (χ0) is 28.7. The number of benzene rings is 4. The lowest BCUT2D eigenvalue weighted by atomic mass is 10.0. The second-order valence-corrected chi connectivity index (χ2v) is 18.8. The zero-order valence-electron chi connectivity index (χ0n) is 24.5. The Kier molecular flexibility index (Phi) is 10.9. The van der Waals surface area contributed by atoms with Crippen molar-refractivity contribution in [1.29, 1.82) is 0 Å². The Bertz CT molecular complexity index is 1160. The lowest BCUT2D eigenvalue weighted by Gasteiger charge is -2.36. The molecule has 0 amide bonds. The summed E-state index contributed by atoms with van der Waals surface area (Å²) in [4.78, 5) is 0. The van der Waals surface area contributed by atoms with E-state index in [1.807, 2.05) is 0 Å². The van der Waals surface area contributed by atoms with Gasteiger partial charge >= 0.3 is 0 Å². The van der Waals surface area contributed by atoms with Crippen molar-refractivity contribution in [2.24, 2.45) is 0 Å². The number of unbranched alkanes of at least 4 members (excludes halogenated alkanes) is 1. The number of hydrogen-bond donors (Lipinski definition) is 0. The summed E-state index contributed by atoms with van der Waals surface area (Å²) in [6, 6.07) is 45.2. The van der Waals surface area contributed by atoms with Gasteiger partial charge in [-0.15, -0.1) is 0 Å². The molecule has 2 heterocycles. The summed E-state index contributed by atoms with van der Waals surface area (Å²) >= 11 is 0. The first-order valence-corrected chi connectivity index (χ1v) is 19.4. The van der Waals surface area contributed by atoms with Crippen molar-refractivity contribution in [3.63, 3.8) is 0 Å². The van der Waals surface area contributed by atoms with Crippen molar-refractivity contribution < 1.29 is 0 Å². The van der Waals surface area contributed by atoms with Crippen LogP contribution in [0.1, 0.15) is 83.4 Å². The van der Waals surface area contributed by atoms with Gasteiger partial charge in [0.1, 0.15) is 0 Å². The first-order valence-electron chi connectivity index (χ1n) is 15.5. The predicted molar refractivity (Wildman–Crippen MR) is 191 cm³/mol. The highest BCUT2D eigenvalue weighted by Gasteiger charge is 2.41. The third kappa shape index (κ3) is 7.08. The molecule has 6 atom stereocenters. The van der Waals surface area contributed by atoms with Crippen molar-refractivity contribution >= 4 is 34.9 Å². The minimum absolute atomic E-state index is 0.320. The summed E-state index contributed by atoms with van der Waals surface area (Å²) in [7, 11) is 5.73. The second-order valence-electron chi connectivity index (χ2n) is 11.7. The molecule has 2 fully saturated rings. The van der Waals surface area contributed by atoms with Crippen LogP contribution in [-0.4, -0.2) is 22.0 Å². The fourth-order valence-corrected chi connectivity index (χ4v) is 16.0. The predicted octanol–water partition coefficient (Wildman–Crippen LogP) is 11.3. The van der Waals surface area contributed by atoms with Gasteiger partial charge in [-0.2, -0.15) is 0 Å². The molecule has 218 valence electrons. The maximum absolute atomic E-state index is 3.18. The fraction of sp³-hybridized carbons (Fsp3) is 0.333. The molecule has 0 bridgehead atoms. The molecule has 0 radical (unpaired) electrons. The van der Waals surface area contributed by atoms with Crippen LogP contribution in [0.4, 0.5) is 0 Å². The van der Waals surface area contributed by atoms with E-state index in [1.165, 1.54) is 60.8 Å². The summed E-state index contributed by atoms with van der Waals surface area (Å²) in [6.07, 6.45) is 7.59. The molecule has 0 N–H and O–H groups in total. The monoisotopic (exact) mass is 628 g/mol. The molecule has 2 unspecified atom stereocenters. The molecule has 0 aliphatic carbocycles. The molecule has 42 heavy (non-hydrogen) atoms. The van der Waals surface area contributed by atoms with Crippen LogP contribution in [-0.2, 0) is 0 Å².